The van der Waals surface area contributed by atoms with E-state index in [0.29, 0.717) is 4.47 Å². The van der Waals surface area contributed by atoms with Gasteiger partial charge >= 0.3 is 0 Å². The van der Waals surface area contributed by atoms with E-state index in [0.717, 1.165) is 6.07 Å². The molecule has 3 N–H and O–H groups in total. The third-order valence-corrected chi connectivity index (χ3v) is 4.52. The van der Waals surface area contributed by atoms with Crippen molar-refractivity contribution >= 4 is 37.5 Å². The highest BCUT2D eigenvalue weighted by molar-refractivity contribution is 9.10. The Labute approximate surface area is 140 Å². The molecule has 2 aromatic carbocycles. The van der Waals surface area contributed by atoms with Gasteiger partial charge in [0.25, 0.3) is 5.91 Å². The number of rotatable bonds is 4. The number of halogens is 2. The highest BCUT2D eigenvalue weighted by Gasteiger charge is 2.16. The van der Waals surface area contributed by atoms with Crippen LogP contribution in [0.1, 0.15) is 10.4 Å². The molecule has 23 heavy (non-hydrogen) atoms. The molecule has 0 bridgehead atoms. The fourth-order valence-electron chi connectivity index (χ4n) is 1.82. The predicted octanol–water partition coefficient (Wildman–Crippen LogP) is 2.50. The van der Waals surface area contributed by atoms with Crippen molar-refractivity contribution in [1.29, 1.82) is 0 Å². The van der Waals surface area contributed by atoms with Crippen LogP contribution in [0, 0.1) is 5.82 Å². The van der Waals surface area contributed by atoms with Gasteiger partial charge in [-0.15, -0.1) is 0 Å². The second-order valence-electron chi connectivity index (χ2n) is 4.49. The average Bonchev–Trinajstić information content (AvgIpc) is 2.48. The van der Waals surface area contributed by atoms with Crippen LogP contribution in [0.15, 0.2) is 45.8 Å². The summed E-state index contributed by atoms with van der Waals surface area (Å²) in [6.07, 6.45) is 0. The molecule has 0 aliphatic carbocycles. The molecule has 0 saturated carbocycles. The molecule has 0 aromatic heterocycles. The number of carbonyl (C=O) groups excluding carboxylic acids is 1. The predicted molar refractivity (Wildman–Crippen MR) is 86.4 cm³/mol. The second kappa shape index (κ2) is 6.65. The number of sulfonamides is 1. The van der Waals surface area contributed by atoms with Crippen LogP contribution < -0.4 is 15.2 Å². The summed E-state index contributed by atoms with van der Waals surface area (Å²) in [5.41, 5.74) is 0.147. The summed E-state index contributed by atoms with van der Waals surface area (Å²) in [6, 6.07) is 7.41. The Kier molecular flexibility index (Phi) is 5.03. The Balaban J connectivity index is 2.42. The standard InChI is InChI=1S/C14H12BrFN2O4S/c1-22-13-5-3-9(23(17,20)21)7-12(13)18-14(19)10-6-8(16)2-4-11(10)15/h2-7H,1H3,(H,18,19)(H2,17,20,21). The Morgan fingerprint density at radius 3 is 2.57 bits per heavy atom. The lowest BCUT2D eigenvalue weighted by Crippen LogP contribution is -2.16. The quantitative estimate of drug-likeness (QED) is 0.820. The van der Waals surface area contributed by atoms with E-state index >= 15 is 0 Å². The smallest absolute Gasteiger partial charge is 0.257 e. The lowest BCUT2D eigenvalue weighted by molar-refractivity contribution is 0.102. The van der Waals surface area contributed by atoms with E-state index in [4.69, 9.17) is 9.88 Å². The van der Waals surface area contributed by atoms with Gasteiger partial charge in [-0.2, -0.15) is 0 Å². The normalized spacial score (nSPS) is 11.1. The zero-order valence-electron chi connectivity index (χ0n) is 11.8. The monoisotopic (exact) mass is 402 g/mol. The molecule has 9 heteroatoms. The van der Waals surface area contributed by atoms with Gasteiger partial charge in [-0.3, -0.25) is 4.79 Å². The molecule has 0 aliphatic heterocycles. The summed E-state index contributed by atoms with van der Waals surface area (Å²) >= 11 is 3.15. The van der Waals surface area contributed by atoms with Crippen molar-refractivity contribution in [1.82, 2.24) is 0 Å². The number of nitrogens with two attached hydrogens (primary N) is 1. The Hall–Kier alpha value is -1.97. The van der Waals surface area contributed by atoms with Crippen LogP contribution in [0.5, 0.6) is 5.75 Å². The van der Waals surface area contributed by atoms with E-state index in [2.05, 4.69) is 21.2 Å². The Bertz CT molecular complexity index is 871. The maximum absolute atomic E-state index is 13.3. The van der Waals surface area contributed by atoms with E-state index in [9.17, 15) is 17.6 Å². The van der Waals surface area contributed by atoms with Gasteiger partial charge in [-0.25, -0.2) is 17.9 Å². The molecule has 0 spiro atoms. The van der Waals surface area contributed by atoms with Crippen molar-refractivity contribution in [3.05, 3.63) is 52.3 Å². The number of nitrogens with one attached hydrogen (secondary N) is 1. The first-order valence-electron chi connectivity index (χ1n) is 6.19. The summed E-state index contributed by atoms with van der Waals surface area (Å²) in [5.74, 6) is -0.983. The number of methoxy groups -OCH3 is 1. The summed E-state index contributed by atoms with van der Waals surface area (Å²) in [6.45, 7) is 0. The lowest BCUT2D eigenvalue weighted by atomic mass is 10.2. The highest BCUT2D eigenvalue weighted by atomic mass is 79.9. The van der Waals surface area contributed by atoms with Crippen molar-refractivity contribution in [2.75, 3.05) is 12.4 Å². The molecule has 0 heterocycles. The van der Waals surface area contributed by atoms with Crippen molar-refractivity contribution in [3.8, 4) is 5.75 Å². The van der Waals surface area contributed by atoms with Gasteiger partial charge in [0.2, 0.25) is 10.0 Å². The van der Waals surface area contributed by atoms with E-state index < -0.39 is 21.7 Å². The number of amides is 1. The zero-order chi connectivity index (χ0) is 17.2. The summed E-state index contributed by atoms with van der Waals surface area (Å²) < 4.78 is 41.6. The molecule has 6 nitrogen and oxygen atoms in total. The maximum Gasteiger partial charge on any atom is 0.257 e. The number of hydrogen-bond acceptors (Lipinski definition) is 4. The third-order valence-electron chi connectivity index (χ3n) is 2.92. The topological polar surface area (TPSA) is 98.5 Å². The average molecular weight is 403 g/mol. The van der Waals surface area contributed by atoms with E-state index in [1.54, 1.807) is 0 Å². The highest BCUT2D eigenvalue weighted by Crippen LogP contribution is 2.28. The van der Waals surface area contributed by atoms with Gasteiger partial charge in [-0.1, -0.05) is 0 Å². The molecule has 122 valence electrons. The summed E-state index contributed by atoms with van der Waals surface area (Å²) in [7, 11) is -2.58. The molecule has 0 radical (unpaired) electrons. The first kappa shape index (κ1) is 17.4. The van der Waals surface area contributed by atoms with Crippen LogP contribution in [-0.4, -0.2) is 21.4 Å². The molecular formula is C14H12BrFN2O4S. The molecule has 2 rings (SSSR count). The molecule has 0 atom stereocenters. The van der Waals surface area contributed by atoms with Crippen molar-refractivity contribution in [3.63, 3.8) is 0 Å². The molecule has 0 aliphatic rings. The minimum atomic E-state index is -3.94. The van der Waals surface area contributed by atoms with Gasteiger partial charge in [0, 0.05) is 4.47 Å². The van der Waals surface area contributed by atoms with Gasteiger partial charge in [0.1, 0.15) is 11.6 Å². The van der Waals surface area contributed by atoms with Crippen molar-refractivity contribution < 1.29 is 22.3 Å². The van der Waals surface area contributed by atoms with Crippen LogP contribution in [0.25, 0.3) is 0 Å². The fraction of sp³-hybridized carbons (Fsp3) is 0.0714. The van der Waals surface area contributed by atoms with Crippen LogP contribution in [-0.2, 0) is 10.0 Å². The number of anilines is 1. The lowest BCUT2D eigenvalue weighted by Gasteiger charge is -2.12. The fourth-order valence-corrected chi connectivity index (χ4v) is 2.79. The number of primary sulfonamides is 1. The SMILES string of the molecule is COc1ccc(S(N)(=O)=O)cc1NC(=O)c1cc(F)ccc1Br. The van der Waals surface area contributed by atoms with Crippen LogP contribution >= 0.6 is 15.9 Å². The molecule has 0 fully saturated rings. The molecular weight excluding hydrogens is 391 g/mol. The first-order valence-corrected chi connectivity index (χ1v) is 8.53. The largest absolute Gasteiger partial charge is 0.495 e. The van der Waals surface area contributed by atoms with Crippen molar-refractivity contribution in [2.24, 2.45) is 5.14 Å². The molecule has 1 amide bonds. The number of hydrogen-bond donors (Lipinski definition) is 2. The van der Waals surface area contributed by atoms with Crippen LogP contribution in [0.4, 0.5) is 10.1 Å². The maximum atomic E-state index is 13.3. The number of benzene rings is 2. The second-order valence-corrected chi connectivity index (χ2v) is 6.90. The van der Waals surface area contributed by atoms with Gasteiger partial charge in [0.15, 0.2) is 0 Å². The van der Waals surface area contributed by atoms with Crippen LogP contribution in [0.2, 0.25) is 0 Å². The Morgan fingerprint density at radius 2 is 1.96 bits per heavy atom. The Morgan fingerprint density at radius 1 is 1.26 bits per heavy atom. The number of carbonyl (C=O) groups is 1. The summed E-state index contributed by atoms with van der Waals surface area (Å²) in [4.78, 5) is 12.1. The molecule has 2 aromatic rings. The number of ether oxygens (including phenoxy) is 1. The van der Waals surface area contributed by atoms with Crippen molar-refractivity contribution in [2.45, 2.75) is 4.90 Å². The van der Waals surface area contributed by atoms with E-state index in [1.165, 1.54) is 37.4 Å². The molecule has 0 unspecified atom stereocenters. The van der Waals surface area contributed by atoms with Crippen LogP contribution in [0.3, 0.4) is 0 Å². The first-order chi connectivity index (χ1) is 10.7. The third kappa shape index (κ3) is 4.06. The van der Waals surface area contributed by atoms with E-state index in [-0.39, 0.29) is 21.9 Å². The van der Waals surface area contributed by atoms with Gasteiger partial charge < -0.3 is 10.1 Å². The summed E-state index contributed by atoms with van der Waals surface area (Å²) in [5, 5.41) is 7.54. The van der Waals surface area contributed by atoms with E-state index in [1.807, 2.05) is 0 Å². The zero-order valence-corrected chi connectivity index (χ0v) is 14.2. The van der Waals surface area contributed by atoms with Gasteiger partial charge in [-0.05, 0) is 52.3 Å². The minimum Gasteiger partial charge on any atom is -0.495 e. The molecule has 0 saturated heterocycles. The van der Waals surface area contributed by atoms with Gasteiger partial charge in [0.05, 0.1) is 23.3 Å². The minimum absolute atomic E-state index is 0.0491.